The van der Waals surface area contributed by atoms with Crippen molar-refractivity contribution < 1.29 is 19.3 Å². The third-order valence-corrected chi connectivity index (χ3v) is 3.62. The molecule has 0 aromatic heterocycles. The van der Waals surface area contributed by atoms with Crippen LogP contribution in [0.5, 0.6) is 23.0 Å². The molecule has 0 heterocycles. The molecule has 0 unspecified atom stereocenters. The van der Waals surface area contributed by atoms with Crippen LogP contribution < -0.4 is 14.2 Å². The van der Waals surface area contributed by atoms with Crippen LogP contribution in [0.15, 0.2) is 36.4 Å². The molecule has 0 spiro atoms. The minimum absolute atomic E-state index is 0.107. The maximum atomic E-state index is 10.0. The minimum atomic E-state index is 0.107. The van der Waals surface area contributed by atoms with Gasteiger partial charge >= 0.3 is 0 Å². The number of ether oxygens (including phenoxy) is 3. The van der Waals surface area contributed by atoms with Crippen molar-refractivity contribution in [3.8, 4) is 23.0 Å². The summed E-state index contributed by atoms with van der Waals surface area (Å²) < 4.78 is 15.9. The van der Waals surface area contributed by atoms with Crippen molar-refractivity contribution in [2.45, 2.75) is 0 Å². The Hall–Kier alpha value is -2.62. The van der Waals surface area contributed by atoms with Crippen molar-refractivity contribution in [1.29, 1.82) is 0 Å². The molecule has 3 aromatic rings. The summed E-state index contributed by atoms with van der Waals surface area (Å²) >= 11 is 0. The lowest BCUT2D eigenvalue weighted by atomic mass is 10.00. The Morgan fingerprint density at radius 3 is 2.14 bits per heavy atom. The number of hydrogen-bond acceptors (Lipinski definition) is 4. The van der Waals surface area contributed by atoms with Crippen molar-refractivity contribution in [1.82, 2.24) is 0 Å². The number of phenolic OH excluding ortho intramolecular Hbond substituents is 1. The molecule has 0 aliphatic rings. The van der Waals surface area contributed by atoms with Crippen LogP contribution in [0.25, 0.3) is 21.5 Å². The summed E-state index contributed by atoms with van der Waals surface area (Å²) in [6, 6.07) is 11.3. The molecule has 0 radical (unpaired) electrons. The first-order chi connectivity index (χ1) is 10.2. The van der Waals surface area contributed by atoms with Gasteiger partial charge in [-0.2, -0.15) is 0 Å². The Morgan fingerprint density at radius 1 is 0.762 bits per heavy atom. The maximum Gasteiger partial charge on any atom is 0.161 e. The molecule has 3 rings (SSSR count). The first-order valence-electron chi connectivity index (χ1n) is 6.53. The monoisotopic (exact) mass is 284 g/mol. The van der Waals surface area contributed by atoms with Gasteiger partial charge < -0.3 is 19.3 Å². The van der Waals surface area contributed by atoms with E-state index in [-0.39, 0.29) is 5.75 Å². The quantitative estimate of drug-likeness (QED) is 0.745. The van der Waals surface area contributed by atoms with Gasteiger partial charge in [0.05, 0.1) is 21.3 Å². The van der Waals surface area contributed by atoms with Gasteiger partial charge in [0, 0.05) is 11.5 Å². The molecule has 0 aliphatic heterocycles. The lowest BCUT2D eigenvalue weighted by Crippen LogP contribution is -1.90. The van der Waals surface area contributed by atoms with Gasteiger partial charge in [0.25, 0.3) is 0 Å². The lowest BCUT2D eigenvalue weighted by molar-refractivity contribution is 0.374. The van der Waals surface area contributed by atoms with Gasteiger partial charge in [0.15, 0.2) is 11.5 Å². The van der Waals surface area contributed by atoms with Crippen LogP contribution in [-0.2, 0) is 0 Å². The summed E-state index contributed by atoms with van der Waals surface area (Å²) in [7, 11) is 4.78. The lowest BCUT2D eigenvalue weighted by Gasteiger charge is -2.12. The van der Waals surface area contributed by atoms with E-state index in [4.69, 9.17) is 14.2 Å². The zero-order chi connectivity index (χ0) is 15.0. The molecule has 4 heteroatoms. The van der Waals surface area contributed by atoms with Gasteiger partial charge in [0.2, 0.25) is 0 Å². The van der Waals surface area contributed by atoms with Crippen molar-refractivity contribution in [3.63, 3.8) is 0 Å². The summed E-state index contributed by atoms with van der Waals surface area (Å²) in [4.78, 5) is 0. The molecule has 0 fully saturated rings. The molecular weight excluding hydrogens is 268 g/mol. The van der Waals surface area contributed by atoms with E-state index in [1.54, 1.807) is 20.3 Å². The minimum Gasteiger partial charge on any atom is -0.504 e. The normalized spacial score (nSPS) is 10.8. The van der Waals surface area contributed by atoms with Gasteiger partial charge in [-0.1, -0.05) is 12.1 Å². The third kappa shape index (κ3) is 2.09. The molecular formula is C17H16O4. The first-order valence-corrected chi connectivity index (χ1v) is 6.53. The van der Waals surface area contributed by atoms with Crippen LogP contribution in [0.3, 0.4) is 0 Å². The Bertz CT molecular complexity index is 824. The number of fused-ring (bicyclic) bond motifs is 3. The molecule has 3 aromatic carbocycles. The third-order valence-electron chi connectivity index (χ3n) is 3.62. The highest BCUT2D eigenvalue weighted by molar-refractivity contribution is 6.11. The van der Waals surface area contributed by atoms with E-state index in [1.807, 2.05) is 30.3 Å². The molecule has 1 N–H and O–H groups in total. The fraction of sp³-hybridized carbons (Fsp3) is 0.176. The Morgan fingerprint density at radius 2 is 1.48 bits per heavy atom. The molecule has 4 nitrogen and oxygen atoms in total. The van der Waals surface area contributed by atoms with Gasteiger partial charge in [-0.15, -0.1) is 0 Å². The van der Waals surface area contributed by atoms with Crippen LogP contribution in [0.2, 0.25) is 0 Å². The summed E-state index contributed by atoms with van der Waals surface area (Å²) in [5, 5.41) is 13.9. The number of benzene rings is 3. The van der Waals surface area contributed by atoms with E-state index in [1.165, 1.54) is 7.11 Å². The fourth-order valence-electron chi connectivity index (χ4n) is 2.59. The molecule has 21 heavy (non-hydrogen) atoms. The summed E-state index contributed by atoms with van der Waals surface area (Å²) in [5.41, 5.74) is 0. The highest BCUT2D eigenvalue weighted by Gasteiger charge is 2.12. The van der Waals surface area contributed by atoms with E-state index < -0.39 is 0 Å². The van der Waals surface area contributed by atoms with E-state index >= 15 is 0 Å². The number of methoxy groups -OCH3 is 3. The largest absolute Gasteiger partial charge is 0.504 e. The van der Waals surface area contributed by atoms with Crippen LogP contribution >= 0.6 is 0 Å². The summed E-state index contributed by atoms with van der Waals surface area (Å²) in [6.45, 7) is 0. The Labute approximate surface area is 122 Å². The SMILES string of the molecule is COc1cc(OC)c2c(ccc3cc(OC)c(O)cc32)c1. The Balaban J connectivity index is 2.44. The van der Waals surface area contributed by atoms with Gasteiger partial charge in [-0.3, -0.25) is 0 Å². The van der Waals surface area contributed by atoms with Gasteiger partial charge in [-0.05, 0) is 34.4 Å². The zero-order valence-corrected chi connectivity index (χ0v) is 12.1. The predicted molar refractivity (Wildman–Crippen MR) is 82.8 cm³/mol. The second kappa shape index (κ2) is 5.05. The second-order valence-corrected chi connectivity index (χ2v) is 4.74. The topological polar surface area (TPSA) is 47.9 Å². The molecule has 0 aliphatic carbocycles. The number of rotatable bonds is 3. The summed E-state index contributed by atoms with van der Waals surface area (Å²) in [5.74, 6) is 2.00. The smallest absolute Gasteiger partial charge is 0.161 e. The average molecular weight is 284 g/mol. The van der Waals surface area contributed by atoms with Crippen LogP contribution in [0.1, 0.15) is 0 Å². The van der Waals surface area contributed by atoms with E-state index in [0.717, 1.165) is 27.3 Å². The van der Waals surface area contributed by atoms with E-state index in [9.17, 15) is 5.11 Å². The van der Waals surface area contributed by atoms with Crippen molar-refractivity contribution in [2.24, 2.45) is 0 Å². The van der Waals surface area contributed by atoms with Crippen LogP contribution in [0, 0.1) is 0 Å². The van der Waals surface area contributed by atoms with E-state index in [2.05, 4.69) is 0 Å². The second-order valence-electron chi connectivity index (χ2n) is 4.74. The number of aromatic hydroxyl groups is 1. The van der Waals surface area contributed by atoms with Gasteiger partial charge in [-0.25, -0.2) is 0 Å². The average Bonchev–Trinajstić information content (AvgIpc) is 2.52. The van der Waals surface area contributed by atoms with E-state index in [0.29, 0.717) is 11.5 Å². The zero-order valence-electron chi connectivity index (χ0n) is 12.1. The van der Waals surface area contributed by atoms with Gasteiger partial charge in [0.1, 0.15) is 11.5 Å². The predicted octanol–water partition coefficient (Wildman–Crippen LogP) is 3.72. The fourth-order valence-corrected chi connectivity index (χ4v) is 2.59. The molecule has 0 bridgehead atoms. The van der Waals surface area contributed by atoms with Crippen molar-refractivity contribution in [2.75, 3.05) is 21.3 Å². The van der Waals surface area contributed by atoms with Crippen molar-refractivity contribution >= 4 is 21.5 Å². The maximum absolute atomic E-state index is 10.0. The summed E-state index contributed by atoms with van der Waals surface area (Å²) in [6.07, 6.45) is 0. The van der Waals surface area contributed by atoms with Crippen LogP contribution in [0.4, 0.5) is 0 Å². The molecule has 0 saturated carbocycles. The first kappa shape index (κ1) is 13.4. The standard InChI is InChI=1S/C17H16O4/c1-19-12-6-11-5-4-10-7-15(20-2)14(18)9-13(10)17(11)16(8-12)21-3/h4-9,18H,1-3H3. The molecule has 0 amide bonds. The van der Waals surface area contributed by atoms with Crippen molar-refractivity contribution in [3.05, 3.63) is 36.4 Å². The number of hydrogen-bond donors (Lipinski definition) is 1. The molecule has 0 saturated heterocycles. The molecule has 108 valence electrons. The molecule has 0 atom stereocenters. The number of phenols is 1. The Kier molecular flexibility index (Phi) is 3.22. The highest BCUT2D eigenvalue weighted by atomic mass is 16.5. The highest BCUT2D eigenvalue weighted by Crippen LogP contribution is 2.40. The van der Waals surface area contributed by atoms with Crippen LogP contribution in [-0.4, -0.2) is 26.4 Å².